The number of hydrogen-bond donors (Lipinski definition) is 1. The van der Waals surface area contributed by atoms with Gasteiger partial charge in [0.05, 0.1) is 12.9 Å². The van der Waals surface area contributed by atoms with Crippen LogP contribution in [-0.2, 0) is 23.2 Å². The summed E-state index contributed by atoms with van der Waals surface area (Å²) in [5.41, 5.74) is 2.09. The lowest BCUT2D eigenvalue weighted by Crippen LogP contribution is -2.47. The molecule has 6 heteroatoms. The zero-order valence-corrected chi connectivity index (χ0v) is 11.9. The lowest BCUT2D eigenvalue weighted by molar-refractivity contribution is 0.182. The molecule has 1 heterocycles. The third-order valence-corrected chi connectivity index (χ3v) is 4.72. The Hall–Kier alpha value is -0.950. The molecule has 0 bridgehead atoms. The lowest BCUT2D eigenvalue weighted by atomic mass is 10.1. The molecule has 1 aromatic carbocycles. The molecular formula is C13H20N2O3S. The van der Waals surface area contributed by atoms with Crippen LogP contribution >= 0.6 is 0 Å². The SMILES string of the molecule is CS(=O)(=O)N1CCN(Cc2ccc(CO)cc2)CC1. The van der Waals surface area contributed by atoms with Gasteiger partial charge in [0.1, 0.15) is 0 Å². The minimum atomic E-state index is -3.05. The van der Waals surface area contributed by atoms with E-state index in [4.69, 9.17) is 5.11 Å². The second-order valence-electron chi connectivity index (χ2n) is 4.91. The van der Waals surface area contributed by atoms with Crippen molar-refractivity contribution in [2.75, 3.05) is 32.4 Å². The first-order valence-corrected chi connectivity index (χ1v) is 8.20. The number of piperazine rings is 1. The Balaban J connectivity index is 1.88. The van der Waals surface area contributed by atoms with Gasteiger partial charge in [-0.1, -0.05) is 24.3 Å². The molecule has 0 saturated carbocycles. The van der Waals surface area contributed by atoms with Crippen LogP contribution in [0.25, 0.3) is 0 Å². The summed E-state index contributed by atoms with van der Waals surface area (Å²) < 4.78 is 24.3. The maximum Gasteiger partial charge on any atom is 0.211 e. The van der Waals surface area contributed by atoms with E-state index in [9.17, 15) is 8.42 Å². The predicted octanol–water partition coefficient (Wildman–Crippen LogP) is 0.256. The van der Waals surface area contributed by atoms with Crippen LogP contribution in [0.15, 0.2) is 24.3 Å². The van der Waals surface area contributed by atoms with E-state index in [-0.39, 0.29) is 6.61 Å². The fourth-order valence-corrected chi connectivity index (χ4v) is 3.05. The largest absolute Gasteiger partial charge is 0.392 e. The summed E-state index contributed by atoms with van der Waals surface area (Å²) in [5.74, 6) is 0. The normalized spacial score (nSPS) is 18.6. The van der Waals surface area contributed by atoms with Gasteiger partial charge in [-0.15, -0.1) is 0 Å². The van der Waals surface area contributed by atoms with E-state index in [2.05, 4.69) is 4.90 Å². The molecule has 1 saturated heterocycles. The van der Waals surface area contributed by atoms with Crippen molar-refractivity contribution in [2.24, 2.45) is 0 Å². The van der Waals surface area contributed by atoms with Gasteiger partial charge in [-0.2, -0.15) is 4.31 Å². The average molecular weight is 284 g/mol. The van der Waals surface area contributed by atoms with Crippen molar-refractivity contribution in [3.05, 3.63) is 35.4 Å². The number of hydrogen-bond acceptors (Lipinski definition) is 4. The third kappa shape index (κ3) is 4.01. The molecule has 0 unspecified atom stereocenters. The van der Waals surface area contributed by atoms with Crippen LogP contribution in [0.3, 0.4) is 0 Å². The molecule has 1 N–H and O–H groups in total. The second kappa shape index (κ2) is 6.00. The maximum absolute atomic E-state index is 11.4. The summed E-state index contributed by atoms with van der Waals surface area (Å²) >= 11 is 0. The Bertz CT molecular complexity index is 505. The number of aliphatic hydroxyl groups excluding tert-OH is 1. The Morgan fingerprint density at radius 2 is 1.58 bits per heavy atom. The molecule has 0 aliphatic carbocycles. The van der Waals surface area contributed by atoms with E-state index >= 15 is 0 Å². The van der Waals surface area contributed by atoms with E-state index in [0.717, 1.165) is 25.2 Å². The average Bonchev–Trinajstić information content (AvgIpc) is 2.39. The monoisotopic (exact) mass is 284 g/mol. The van der Waals surface area contributed by atoms with Gasteiger partial charge in [0.2, 0.25) is 10.0 Å². The smallest absolute Gasteiger partial charge is 0.211 e. The van der Waals surface area contributed by atoms with Crippen LogP contribution in [0.2, 0.25) is 0 Å². The van der Waals surface area contributed by atoms with Crippen LogP contribution in [0.4, 0.5) is 0 Å². The van der Waals surface area contributed by atoms with E-state index in [1.165, 1.54) is 16.1 Å². The van der Waals surface area contributed by atoms with Crippen molar-refractivity contribution >= 4 is 10.0 Å². The highest BCUT2D eigenvalue weighted by atomic mass is 32.2. The van der Waals surface area contributed by atoms with E-state index < -0.39 is 10.0 Å². The fourth-order valence-electron chi connectivity index (χ4n) is 2.23. The zero-order chi connectivity index (χ0) is 13.9. The van der Waals surface area contributed by atoms with Gasteiger partial charge in [-0.3, -0.25) is 4.90 Å². The van der Waals surface area contributed by atoms with Crippen LogP contribution in [0.5, 0.6) is 0 Å². The Morgan fingerprint density at radius 1 is 1.05 bits per heavy atom. The molecule has 1 aliphatic rings. The quantitative estimate of drug-likeness (QED) is 0.861. The highest BCUT2D eigenvalue weighted by Gasteiger charge is 2.23. The van der Waals surface area contributed by atoms with Crippen molar-refractivity contribution in [2.45, 2.75) is 13.2 Å². The molecule has 0 aromatic heterocycles. The molecule has 19 heavy (non-hydrogen) atoms. The van der Waals surface area contributed by atoms with Crippen molar-refractivity contribution in [3.63, 3.8) is 0 Å². The number of rotatable bonds is 4. The summed E-state index contributed by atoms with van der Waals surface area (Å²) in [6, 6.07) is 7.85. The topological polar surface area (TPSA) is 60.9 Å². The number of benzene rings is 1. The minimum Gasteiger partial charge on any atom is -0.392 e. The Labute approximate surface area is 114 Å². The molecule has 1 aromatic rings. The van der Waals surface area contributed by atoms with Gasteiger partial charge in [0, 0.05) is 32.7 Å². The Kier molecular flexibility index (Phi) is 4.57. The first-order chi connectivity index (χ1) is 8.99. The summed E-state index contributed by atoms with van der Waals surface area (Å²) in [5, 5.41) is 8.98. The molecule has 106 valence electrons. The summed E-state index contributed by atoms with van der Waals surface area (Å²) in [4.78, 5) is 2.25. The molecule has 1 aliphatic heterocycles. The molecule has 1 fully saturated rings. The molecule has 5 nitrogen and oxygen atoms in total. The van der Waals surface area contributed by atoms with Crippen LogP contribution in [0.1, 0.15) is 11.1 Å². The van der Waals surface area contributed by atoms with Gasteiger partial charge in [-0.25, -0.2) is 8.42 Å². The zero-order valence-electron chi connectivity index (χ0n) is 11.1. The van der Waals surface area contributed by atoms with Crippen molar-refractivity contribution < 1.29 is 13.5 Å². The van der Waals surface area contributed by atoms with Crippen LogP contribution in [0, 0.1) is 0 Å². The van der Waals surface area contributed by atoms with Gasteiger partial charge in [0.15, 0.2) is 0 Å². The van der Waals surface area contributed by atoms with Crippen LogP contribution in [-0.4, -0.2) is 55.2 Å². The highest BCUT2D eigenvalue weighted by Crippen LogP contribution is 2.11. The van der Waals surface area contributed by atoms with E-state index in [1.807, 2.05) is 24.3 Å². The predicted molar refractivity (Wildman–Crippen MR) is 74.1 cm³/mol. The van der Waals surface area contributed by atoms with Gasteiger partial charge in [-0.05, 0) is 11.1 Å². The molecular weight excluding hydrogens is 264 g/mol. The standard InChI is InChI=1S/C13H20N2O3S/c1-19(17,18)15-8-6-14(7-9-15)10-12-2-4-13(11-16)5-3-12/h2-5,16H,6-11H2,1H3. The summed E-state index contributed by atoms with van der Waals surface area (Å²) in [7, 11) is -3.05. The number of nitrogens with zero attached hydrogens (tertiary/aromatic N) is 2. The van der Waals surface area contributed by atoms with Crippen molar-refractivity contribution in [1.29, 1.82) is 0 Å². The van der Waals surface area contributed by atoms with Gasteiger partial charge >= 0.3 is 0 Å². The number of sulfonamides is 1. The summed E-state index contributed by atoms with van der Waals surface area (Å²) in [6.07, 6.45) is 1.26. The Morgan fingerprint density at radius 3 is 2.05 bits per heavy atom. The molecule has 0 radical (unpaired) electrons. The molecule has 0 atom stereocenters. The van der Waals surface area contributed by atoms with Crippen LogP contribution < -0.4 is 0 Å². The van der Waals surface area contributed by atoms with E-state index in [1.54, 1.807) is 0 Å². The van der Waals surface area contributed by atoms with Crippen molar-refractivity contribution in [3.8, 4) is 0 Å². The van der Waals surface area contributed by atoms with E-state index in [0.29, 0.717) is 13.1 Å². The summed E-state index contributed by atoms with van der Waals surface area (Å²) in [6.45, 7) is 3.53. The lowest BCUT2D eigenvalue weighted by Gasteiger charge is -2.33. The molecule has 0 amide bonds. The first kappa shape index (κ1) is 14.5. The van der Waals surface area contributed by atoms with Crippen molar-refractivity contribution in [1.82, 2.24) is 9.21 Å². The third-order valence-electron chi connectivity index (χ3n) is 3.41. The second-order valence-corrected chi connectivity index (χ2v) is 6.90. The van der Waals surface area contributed by atoms with Gasteiger partial charge in [0.25, 0.3) is 0 Å². The molecule has 0 spiro atoms. The number of aliphatic hydroxyl groups is 1. The maximum atomic E-state index is 11.4. The molecule has 2 rings (SSSR count). The highest BCUT2D eigenvalue weighted by molar-refractivity contribution is 7.88. The minimum absolute atomic E-state index is 0.0628. The first-order valence-electron chi connectivity index (χ1n) is 6.35. The fraction of sp³-hybridized carbons (Fsp3) is 0.538. The van der Waals surface area contributed by atoms with Gasteiger partial charge < -0.3 is 5.11 Å².